The highest BCUT2D eigenvalue weighted by Gasteiger charge is 2.44. The lowest BCUT2D eigenvalue weighted by Gasteiger charge is -2.37. The van der Waals surface area contributed by atoms with Crippen LogP contribution in [0.2, 0.25) is 0 Å². The van der Waals surface area contributed by atoms with Crippen molar-refractivity contribution in [2.45, 2.75) is 65.0 Å². The van der Waals surface area contributed by atoms with Gasteiger partial charge in [0.25, 0.3) is 5.91 Å². The number of hydrogen-bond donors (Lipinski definition) is 3. The van der Waals surface area contributed by atoms with Crippen molar-refractivity contribution in [3.05, 3.63) is 65.0 Å². The van der Waals surface area contributed by atoms with Crippen LogP contribution in [0.1, 0.15) is 67.4 Å². The molecule has 38 heavy (non-hydrogen) atoms. The fourth-order valence-corrected chi connectivity index (χ4v) is 5.78. The summed E-state index contributed by atoms with van der Waals surface area (Å²) in [5.41, 5.74) is 2.59. The van der Waals surface area contributed by atoms with Gasteiger partial charge < -0.3 is 25.5 Å². The number of aryl methyl sites for hydroxylation is 1. The van der Waals surface area contributed by atoms with Crippen LogP contribution in [0, 0.1) is 18.2 Å². The fraction of sp³-hybridized carbons (Fsp3) is 0.483. The van der Waals surface area contributed by atoms with Crippen LogP contribution in [-0.4, -0.2) is 64.7 Å². The van der Waals surface area contributed by atoms with Gasteiger partial charge in [-0.05, 0) is 72.9 Å². The van der Waals surface area contributed by atoms with Crippen LogP contribution in [0.4, 0.5) is 19.7 Å². The van der Waals surface area contributed by atoms with E-state index in [0.717, 1.165) is 24.0 Å². The molecule has 0 spiro atoms. The molecule has 2 unspecified atom stereocenters. The summed E-state index contributed by atoms with van der Waals surface area (Å²) in [5, 5.41) is 15.4. The van der Waals surface area contributed by atoms with Gasteiger partial charge >= 0.3 is 12.1 Å². The predicted octanol–water partition coefficient (Wildman–Crippen LogP) is 5.44. The van der Waals surface area contributed by atoms with Crippen molar-refractivity contribution >= 4 is 23.7 Å². The number of likely N-dealkylation sites (tertiary alicyclic amines) is 2. The van der Waals surface area contributed by atoms with Gasteiger partial charge in [0.1, 0.15) is 5.82 Å². The minimum Gasteiger partial charge on any atom is -0.465 e. The third kappa shape index (κ3) is 6.09. The van der Waals surface area contributed by atoms with Crippen molar-refractivity contribution in [2.75, 3.05) is 25.0 Å². The molecule has 3 N–H and O–H groups in total. The summed E-state index contributed by atoms with van der Waals surface area (Å²) >= 11 is 0. The Labute approximate surface area is 223 Å². The van der Waals surface area contributed by atoms with Crippen molar-refractivity contribution in [3.8, 4) is 0 Å². The Morgan fingerprint density at radius 3 is 2.24 bits per heavy atom. The second kappa shape index (κ2) is 11.0. The van der Waals surface area contributed by atoms with Gasteiger partial charge in [-0.2, -0.15) is 0 Å². The molecule has 0 saturated carbocycles. The van der Waals surface area contributed by atoms with E-state index in [1.807, 2.05) is 50.8 Å². The maximum Gasteiger partial charge on any atom is 0.407 e. The number of nitrogens with one attached hydrogen (secondary N) is 2. The quantitative estimate of drug-likeness (QED) is 0.496. The van der Waals surface area contributed by atoms with Gasteiger partial charge in [-0.15, -0.1) is 0 Å². The number of piperidine rings is 1. The molecule has 4 rings (SSSR count). The predicted molar refractivity (Wildman–Crippen MR) is 144 cm³/mol. The molecule has 2 aliphatic rings. The molecule has 0 aliphatic carbocycles. The highest BCUT2D eigenvalue weighted by Crippen LogP contribution is 2.33. The molecule has 2 aliphatic heterocycles. The largest absolute Gasteiger partial charge is 0.465 e. The van der Waals surface area contributed by atoms with Gasteiger partial charge in [-0.1, -0.05) is 39.0 Å². The van der Waals surface area contributed by atoms with E-state index in [1.54, 1.807) is 12.1 Å². The molecule has 9 heteroatoms. The number of carbonyl (C=O) groups excluding carboxylic acids is 2. The molecule has 8 nitrogen and oxygen atoms in total. The minimum absolute atomic E-state index is 0.0910. The lowest BCUT2D eigenvalue weighted by molar-refractivity contribution is 0.0713. The number of rotatable bonds is 4. The number of carboxylic acid groups (broad SMARTS) is 1. The van der Waals surface area contributed by atoms with Crippen molar-refractivity contribution < 1.29 is 23.9 Å². The molecule has 204 valence electrons. The van der Waals surface area contributed by atoms with Gasteiger partial charge in [0.2, 0.25) is 0 Å². The molecule has 2 aromatic rings. The Morgan fingerprint density at radius 1 is 0.974 bits per heavy atom. The summed E-state index contributed by atoms with van der Waals surface area (Å²) in [6.45, 7) is 9.33. The Morgan fingerprint density at radius 2 is 1.63 bits per heavy atom. The van der Waals surface area contributed by atoms with Gasteiger partial charge in [0.15, 0.2) is 0 Å². The maximum atomic E-state index is 13.3. The van der Waals surface area contributed by atoms with Crippen LogP contribution in [-0.2, 0) is 0 Å². The van der Waals surface area contributed by atoms with Crippen LogP contribution in [0.15, 0.2) is 42.5 Å². The van der Waals surface area contributed by atoms with Crippen molar-refractivity contribution in [2.24, 2.45) is 5.41 Å². The molecular formula is C29H37FN4O4. The van der Waals surface area contributed by atoms with Gasteiger partial charge in [-0.25, -0.2) is 14.0 Å². The van der Waals surface area contributed by atoms with E-state index in [0.29, 0.717) is 43.2 Å². The summed E-state index contributed by atoms with van der Waals surface area (Å²) < 4.78 is 13.3. The highest BCUT2D eigenvalue weighted by atomic mass is 19.1. The van der Waals surface area contributed by atoms with Crippen LogP contribution in [0.25, 0.3) is 0 Å². The third-order valence-corrected chi connectivity index (χ3v) is 7.70. The molecule has 0 aromatic heterocycles. The first kappa shape index (κ1) is 27.4. The summed E-state index contributed by atoms with van der Waals surface area (Å²) in [4.78, 5) is 41.1. The zero-order chi connectivity index (χ0) is 27.6. The molecule has 0 radical (unpaired) electrons. The van der Waals surface area contributed by atoms with Gasteiger partial charge in [-0.3, -0.25) is 4.79 Å². The molecule has 2 saturated heterocycles. The summed E-state index contributed by atoms with van der Waals surface area (Å²) in [7, 11) is 0. The number of urea groups is 1. The molecule has 2 atom stereocenters. The number of benzene rings is 2. The first-order valence-electron chi connectivity index (χ1n) is 13.2. The first-order valence-corrected chi connectivity index (χ1v) is 13.2. The SMILES string of the molecule is Cc1ccc(C(=O)N2CCC(c3ccc(F)cc3)CC2)cc1NC(=O)NC1CCN(C(=O)O)C1C(C)(C)C. The number of hydrogen-bond acceptors (Lipinski definition) is 3. The number of carbonyl (C=O) groups is 3. The fourth-order valence-electron chi connectivity index (χ4n) is 5.78. The van der Waals surface area contributed by atoms with Crippen LogP contribution in [0.5, 0.6) is 0 Å². The van der Waals surface area contributed by atoms with E-state index >= 15 is 0 Å². The van der Waals surface area contributed by atoms with Crippen molar-refractivity contribution in [3.63, 3.8) is 0 Å². The van der Waals surface area contributed by atoms with E-state index in [2.05, 4.69) is 10.6 Å². The Bertz CT molecular complexity index is 1190. The Kier molecular flexibility index (Phi) is 7.94. The molecule has 4 amide bonds. The number of halogens is 1. The Balaban J connectivity index is 1.39. The molecule has 2 aromatic carbocycles. The minimum atomic E-state index is -0.988. The molecule has 2 fully saturated rings. The summed E-state index contributed by atoms with van der Waals surface area (Å²) in [5.74, 6) is -0.0480. The lowest BCUT2D eigenvalue weighted by atomic mass is 9.83. The number of amides is 4. The number of anilines is 1. The van der Waals surface area contributed by atoms with Gasteiger partial charge in [0, 0.05) is 30.9 Å². The smallest absolute Gasteiger partial charge is 0.407 e. The second-order valence-corrected chi connectivity index (χ2v) is 11.4. The van der Waals surface area contributed by atoms with Crippen molar-refractivity contribution in [1.29, 1.82) is 0 Å². The normalized spacial score (nSPS) is 20.3. The maximum absolute atomic E-state index is 13.3. The van der Waals surface area contributed by atoms with E-state index in [1.165, 1.54) is 17.0 Å². The van der Waals surface area contributed by atoms with Crippen LogP contribution in [0.3, 0.4) is 0 Å². The summed E-state index contributed by atoms with van der Waals surface area (Å²) in [6, 6.07) is 10.8. The zero-order valence-electron chi connectivity index (χ0n) is 22.5. The topological polar surface area (TPSA) is 102 Å². The number of nitrogens with zero attached hydrogens (tertiary/aromatic N) is 2. The average molecular weight is 525 g/mol. The third-order valence-electron chi connectivity index (χ3n) is 7.70. The van der Waals surface area contributed by atoms with Crippen LogP contribution >= 0.6 is 0 Å². The standard InChI is InChI=1S/C29H37FN4O4/c1-18-5-6-21(26(35)33-14-11-20(12-15-33)19-7-9-22(30)10-8-19)17-24(18)32-27(36)31-23-13-16-34(28(37)38)25(23)29(2,3)4/h5-10,17,20,23,25H,11-16H2,1-4H3,(H,37,38)(H2,31,32,36). The van der Waals surface area contributed by atoms with Crippen LogP contribution < -0.4 is 10.6 Å². The zero-order valence-corrected chi connectivity index (χ0v) is 22.5. The average Bonchev–Trinajstić information content (AvgIpc) is 3.30. The molecular weight excluding hydrogens is 487 g/mol. The molecule has 0 bridgehead atoms. The second-order valence-electron chi connectivity index (χ2n) is 11.4. The van der Waals surface area contributed by atoms with E-state index in [9.17, 15) is 23.9 Å². The monoisotopic (exact) mass is 524 g/mol. The van der Waals surface area contributed by atoms with Gasteiger partial charge in [0.05, 0.1) is 12.1 Å². The van der Waals surface area contributed by atoms with E-state index in [4.69, 9.17) is 0 Å². The highest BCUT2D eigenvalue weighted by molar-refractivity contribution is 5.97. The van der Waals surface area contributed by atoms with E-state index in [-0.39, 0.29) is 29.2 Å². The van der Waals surface area contributed by atoms with Crippen molar-refractivity contribution in [1.82, 2.24) is 15.1 Å². The Hall–Kier alpha value is -3.62. The summed E-state index contributed by atoms with van der Waals surface area (Å²) in [6.07, 6.45) is 1.16. The molecule has 2 heterocycles. The first-order chi connectivity index (χ1) is 17.9. The lowest BCUT2D eigenvalue weighted by Crippen LogP contribution is -2.53. The van der Waals surface area contributed by atoms with E-state index < -0.39 is 12.1 Å².